The molecule has 0 bridgehead atoms. The standard InChI is InChI=1S/C27H28ClN3O4S/c1-30(16-24(32)18-5-4-6-20(11-18)35-3)14-21-12-22-25(33)23(15-31(2)27(22)36-21)26(34)29-13-17-7-9-19(28)10-8-17/h4-12,15,24,32H,13-14,16H2,1-3H3,(H,29,34)/t24-/m0/s1. The topological polar surface area (TPSA) is 83.8 Å². The molecule has 0 aliphatic rings. The van der Waals surface area contributed by atoms with Crippen molar-refractivity contribution in [2.45, 2.75) is 19.2 Å². The molecular weight excluding hydrogens is 498 g/mol. The Morgan fingerprint density at radius 1 is 1.22 bits per heavy atom. The molecule has 0 radical (unpaired) electrons. The molecule has 0 unspecified atom stereocenters. The number of pyridine rings is 1. The number of halogens is 1. The summed E-state index contributed by atoms with van der Waals surface area (Å²) in [5, 5.41) is 14.6. The molecule has 0 aliphatic carbocycles. The van der Waals surface area contributed by atoms with E-state index in [2.05, 4.69) is 5.32 Å². The molecule has 1 amide bonds. The van der Waals surface area contributed by atoms with Crippen LogP contribution in [-0.4, -0.2) is 41.2 Å². The smallest absolute Gasteiger partial charge is 0.257 e. The van der Waals surface area contributed by atoms with Crippen molar-refractivity contribution in [1.29, 1.82) is 0 Å². The van der Waals surface area contributed by atoms with Crippen molar-refractivity contribution in [2.24, 2.45) is 7.05 Å². The third kappa shape index (κ3) is 5.96. The highest BCUT2D eigenvalue weighted by Gasteiger charge is 2.18. The third-order valence-electron chi connectivity index (χ3n) is 5.90. The molecule has 2 heterocycles. The Morgan fingerprint density at radius 2 is 1.97 bits per heavy atom. The van der Waals surface area contributed by atoms with Crippen LogP contribution in [0.25, 0.3) is 10.2 Å². The normalized spacial score (nSPS) is 12.2. The summed E-state index contributed by atoms with van der Waals surface area (Å²) in [4.78, 5) is 29.7. The summed E-state index contributed by atoms with van der Waals surface area (Å²) in [6, 6.07) is 16.4. The van der Waals surface area contributed by atoms with Gasteiger partial charge in [-0.2, -0.15) is 0 Å². The van der Waals surface area contributed by atoms with E-state index in [0.29, 0.717) is 35.8 Å². The summed E-state index contributed by atoms with van der Waals surface area (Å²) in [7, 11) is 5.34. The van der Waals surface area contributed by atoms with Gasteiger partial charge in [0.1, 0.15) is 16.1 Å². The van der Waals surface area contributed by atoms with E-state index in [1.165, 1.54) is 11.3 Å². The second-order valence-corrected chi connectivity index (χ2v) is 10.3. The number of nitrogens with zero attached hydrogens (tertiary/aromatic N) is 2. The Balaban J connectivity index is 1.47. The number of likely N-dealkylation sites (N-methyl/N-ethyl adjacent to an activating group) is 1. The van der Waals surface area contributed by atoms with Crippen molar-refractivity contribution in [1.82, 2.24) is 14.8 Å². The van der Waals surface area contributed by atoms with Gasteiger partial charge in [-0.05, 0) is 48.5 Å². The SMILES string of the molecule is COc1cccc([C@@H](O)CN(C)Cc2cc3c(=O)c(C(=O)NCc4ccc(Cl)cc4)cn(C)c3s2)c1. The fourth-order valence-electron chi connectivity index (χ4n) is 4.01. The van der Waals surface area contributed by atoms with E-state index < -0.39 is 12.0 Å². The van der Waals surface area contributed by atoms with Crippen molar-refractivity contribution in [3.8, 4) is 5.75 Å². The number of aliphatic hydroxyl groups is 1. The number of hydrogen-bond acceptors (Lipinski definition) is 6. The van der Waals surface area contributed by atoms with Crippen LogP contribution < -0.4 is 15.5 Å². The number of carbonyl (C=O) groups excluding carboxylic acids is 1. The molecule has 7 nitrogen and oxygen atoms in total. The summed E-state index contributed by atoms with van der Waals surface area (Å²) >= 11 is 7.41. The van der Waals surface area contributed by atoms with Gasteiger partial charge in [-0.15, -0.1) is 11.3 Å². The first kappa shape index (κ1) is 25.9. The maximum Gasteiger partial charge on any atom is 0.257 e. The van der Waals surface area contributed by atoms with Crippen LogP contribution in [0.4, 0.5) is 0 Å². The van der Waals surface area contributed by atoms with Gasteiger partial charge in [0.2, 0.25) is 5.43 Å². The molecule has 0 saturated carbocycles. The molecule has 0 spiro atoms. The van der Waals surface area contributed by atoms with Gasteiger partial charge < -0.3 is 19.7 Å². The molecule has 9 heteroatoms. The van der Waals surface area contributed by atoms with Gasteiger partial charge in [-0.3, -0.25) is 14.5 Å². The summed E-state index contributed by atoms with van der Waals surface area (Å²) in [6.07, 6.45) is 0.903. The molecule has 4 aromatic rings. The highest BCUT2D eigenvalue weighted by atomic mass is 35.5. The number of fused-ring (bicyclic) bond motifs is 1. The zero-order valence-electron chi connectivity index (χ0n) is 20.3. The number of rotatable bonds is 9. The maximum atomic E-state index is 13.1. The van der Waals surface area contributed by atoms with Crippen molar-refractivity contribution in [3.05, 3.63) is 97.6 Å². The third-order valence-corrected chi connectivity index (χ3v) is 7.36. The molecule has 1 atom stereocenters. The fourth-order valence-corrected chi connectivity index (χ4v) is 5.31. The van der Waals surface area contributed by atoms with Crippen molar-refractivity contribution >= 4 is 39.1 Å². The number of ether oxygens (including phenoxy) is 1. The zero-order valence-corrected chi connectivity index (χ0v) is 21.9. The Labute approximate surface area is 218 Å². The van der Waals surface area contributed by atoms with Crippen molar-refractivity contribution in [2.75, 3.05) is 20.7 Å². The molecule has 188 valence electrons. The number of nitrogens with one attached hydrogen (secondary N) is 1. The summed E-state index contributed by atoms with van der Waals surface area (Å²) in [5.74, 6) is 0.279. The molecule has 2 aromatic heterocycles. The first-order chi connectivity index (χ1) is 17.2. The first-order valence-electron chi connectivity index (χ1n) is 11.4. The minimum absolute atomic E-state index is 0.102. The van der Waals surface area contributed by atoms with Crippen LogP contribution in [0.3, 0.4) is 0 Å². The van der Waals surface area contributed by atoms with Crippen LogP contribution in [0.5, 0.6) is 5.75 Å². The highest BCUT2D eigenvalue weighted by Crippen LogP contribution is 2.26. The monoisotopic (exact) mass is 525 g/mol. The Bertz CT molecular complexity index is 1430. The van der Waals surface area contributed by atoms with Crippen LogP contribution in [0.2, 0.25) is 5.02 Å². The highest BCUT2D eigenvalue weighted by molar-refractivity contribution is 7.18. The number of methoxy groups -OCH3 is 1. The molecule has 2 aromatic carbocycles. The van der Waals surface area contributed by atoms with Gasteiger partial charge in [0.15, 0.2) is 0 Å². The van der Waals surface area contributed by atoms with E-state index in [4.69, 9.17) is 16.3 Å². The van der Waals surface area contributed by atoms with Gasteiger partial charge >= 0.3 is 0 Å². The van der Waals surface area contributed by atoms with Crippen LogP contribution in [0.15, 0.2) is 65.6 Å². The van der Waals surface area contributed by atoms with E-state index in [-0.39, 0.29) is 11.0 Å². The largest absolute Gasteiger partial charge is 0.497 e. The maximum absolute atomic E-state index is 13.1. The van der Waals surface area contributed by atoms with Crippen LogP contribution in [0, 0.1) is 0 Å². The number of amides is 1. The number of aliphatic hydroxyl groups excluding tert-OH is 1. The van der Waals surface area contributed by atoms with E-state index in [1.54, 1.807) is 25.4 Å². The lowest BCUT2D eigenvalue weighted by atomic mass is 10.1. The molecule has 0 fully saturated rings. The number of aromatic nitrogens is 1. The molecular formula is C27H28ClN3O4S. The second kappa shape index (κ2) is 11.3. The fraction of sp³-hybridized carbons (Fsp3) is 0.259. The van der Waals surface area contributed by atoms with E-state index >= 15 is 0 Å². The summed E-state index contributed by atoms with van der Waals surface area (Å²) in [5.41, 5.74) is 1.48. The van der Waals surface area contributed by atoms with Gasteiger partial charge in [0, 0.05) is 42.8 Å². The van der Waals surface area contributed by atoms with E-state index in [9.17, 15) is 14.7 Å². The Morgan fingerprint density at radius 3 is 2.69 bits per heavy atom. The van der Waals surface area contributed by atoms with E-state index in [1.807, 2.05) is 66.0 Å². The Hall–Kier alpha value is -3.17. The molecule has 36 heavy (non-hydrogen) atoms. The van der Waals surface area contributed by atoms with Gasteiger partial charge in [0.25, 0.3) is 5.91 Å². The first-order valence-corrected chi connectivity index (χ1v) is 12.6. The lowest BCUT2D eigenvalue weighted by Crippen LogP contribution is -2.29. The number of aryl methyl sites for hydroxylation is 1. The Kier molecular flexibility index (Phi) is 8.11. The molecule has 0 aliphatic heterocycles. The van der Waals surface area contributed by atoms with Crippen molar-refractivity contribution in [3.63, 3.8) is 0 Å². The number of hydrogen-bond donors (Lipinski definition) is 2. The van der Waals surface area contributed by atoms with Crippen LogP contribution in [-0.2, 0) is 20.1 Å². The molecule has 2 N–H and O–H groups in total. The number of carbonyl (C=O) groups is 1. The minimum Gasteiger partial charge on any atom is -0.497 e. The average Bonchev–Trinajstić information content (AvgIpc) is 3.30. The van der Waals surface area contributed by atoms with Crippen LogP contribution in [0.1, 0.15) is 32.5 Å². The van der Waals surface area contributed by atoms with Gasteiger partial charge in [-0.1, -0.05) is 35.9 Å². The van der Waals surface area contributed by atoms with E-state index in [0.717, 1.165) is 20.8 Å². The van der Waals surface area contributed by atoms with Crippen LogP contribution >= 0.6 is 22.9 Å². The van der Waals surface area contributed by atoms with Gasteiger partial charge in [-0.25, -0.2) is 0 Å². The average molecular weight is 526 g/mol. The lowest BCUT2D eigenvalue weighted by Gasteiger charge is -2.20. The lowest BCUT2D eigenvalue weighted by molar-refractivity contribution is 0.0949. The summed E-state index contributed by atoms with van der Waals surface area (Å²) in [6.45, 7) is 1.26. The zero-order chi connectivity index (χ0) is 25.8. The second-order valence-electron chi connectivity index (χ2n) is 8.71. The van der Waals surface area contributed by atoms with Gasteiger partial charge in [0.05, 0.1) is 18.6 Å². The van der Waals surface area contributed by atoms with Crippen molar-refractivity contribution < 1.29 is 14.6 Å². The quantitative estimate of drug-likeness (QED) is 0.339. The number of benzene rings is 2. The predicted octanol–water partition coefficient (Wildman–Crippen LogP) is 4.36. The number of thiophene rings is 1. The summed E-state index contributed by atoms with van der Waals surface area (Å²) < 4.78 is 7.05. The minimum atomic E-state index is -0.679. The molecule has 0 saturated heterocycles. The predicted molar refractivity (Wildman–Crippen MR) is 144 cm³/mol. The molecule has 4 rings (SSSR count).